The van der Waals surface area contributed by atoms with E-state index in [1.807, 2.05) is 24.8 Å². The molecular weight excluding hydrogens is 370 g/mol. The van der Waals surface area contributed by atoms with Crippen molar-refractivity contribution in [2.45, 2.75) is 38.4 Å². The SMILES string of the molecule is Cc1ccoc1C(=O)N1C[C@@H]2[C@H](CNC(=O)c3cccnc3C)[C@H]3CC[C@]2(C1)O3. The highest BCUT2D eigenvalue weighted by Crippen LogP contribution is 2.54. The number of rotatable bonds is 4. The maximum Gasteiger partial charge on any atom is 0.289 e. The van der Waals surface area contributed by atoms with E-state index < -0.39 is 0 Å². The summed E-state index contributed by atoms with van der Waals surface area (Å²) in [6, 6.07) is 5.37. The van der Waals surface area contributed by atoms with Gasteiger partial charge in [0.1, 0.15) is 0 Å². The predicted molar refractivity (Wildman–Crippen MR) is 104 cm³/mol. The number of nitrogens with zero attached hydrogens (tertiary/aromatic N) is 2. The number of carbonyl (C=O) groups is 2. The monoisotopic (exact) mass is 395 g/mol. The summed E-state index contributed by atoms with van der Waals surface area (Å²) in [5.41, 5.74) is 1.89. The predicted octanol–water partition coefficient (Wildman–Crippen LogP) is 2.34. The Bertz CT molecular complexity index is 970. The molecule has 3 saturated heterocycles. The fourth-order valence-electron chi connectivity index (χ4n) is 5.38. The van der Waals surface area contributed by atoms with Gasteiger partial charge in [0.15, 0.2) is 5.76 Å². The second-order valence-electron chi connectivity index (χ2n) is 8.49. The number of aryl methyl sites for hydroxylation is 2. The minimum atomic E-state index is -0.277. The van der Waals surface area contributed by atoms with Gasteiger partial charge < -0.3 is 19.4 Å². The summed E-state index contributed by atoms with van der Waals surface area (Å²) in [5.74, 6) is 0.672. The summed E-state index contributed by atoms with van der Waals surface area (Å²) in [6.45, 7) is 5.50. The quantitative estimate of drug-likeness (QED) is 0.859. The van der Waals surface area contributed by atoms with Crippen molar-refractivity contribution in [2.24, 2.45) is 11.8 Å². The number of carbonyl (C=O) groups excluding carboxylic acids is 2. The van der Waals surface area contributed by atoms with Gasteiger partial charge in [0.2, 0.25) is 0 Å². The van der Waals surface area contributed by atoms with Gasteiger partial charge in [-0.15, -0.1) is 0 Å². The van der Waals surface area contributed by atoms with Crippen LogP contribution in [-0.4, -0.2) is 53.0 Å². The van der Waals surface area contributed by atoms with E-state index in [-0.39, 0.29) is 35.4 Å². The van der Waals surface area contributed by atoms with Crippen LogP contribution in [0.4, 0.5) is 0 Å². The van der Waals surface area contributed by atoms with Crippen LogP contribution >= 0.6 is 0 Å². The van der Waals surface area contributed by atoms with Gasteiger partial charge >= 0.3 is 0 Å². The minimum Gasteiger partial charge on any atom is -0.459 e. The molecule has 3 aliphatic rings. The first-order chi connectivity index (χ1) is 14.0. The number of hydrogen-bond acceptors (Lipinski definition) is 5. The molecule has 2 amide bonds. The molecule has 7 heteroatoms. The van der Waals surface area contributed by atoms with Crippen LogP contribution in [0.3, 0.4) is 0 Å². The standard InChI is InChI=1S/C22H25N3O4/c1-13-6-9-28-19(13)21(27)25-11-17-16(18-5-7-22(17,12-25)29-18)10-24-20(26)15-4-3-8-23-14(15)2/h3-4,6,8-9,16-18H,5,7,10-12H2,1-2H3,(H,24,26)/t16-,17+,18+,22+/m0/s1. The summed E-state index contributed by atoms with van der Waals surface area (Å²) >= 11 is 0. The summed E-state index contributed by atoms with van der Waals surface area (Å²) < 4.78 is 11.8. The van der Waals surface area contributed by atoms with E-state index in [2.05, 4.69) is 10.3 Å². The second kappa shape index (κ2) is 6.69. The van der Waals surface area contributed by atoms with Gasteiger partial charge in [-0.05, 0) is 44.9 Å². The van der Waals surface area contributed by atoms with Crippen LogP contribution in [0.25, 0.3) is 0 Å². The van der Waals surface area contributed by atoms with E-state index in [1.165, 1.54) is 0 Å². The van der Waals surface area contributed by atoms with E-state index in [1.54, 1.807) is 24.6 Å². The lowest BCUT2D eigenvalue weighted by atomic mass is 9.73. The van der Waals surface area contributed by atoms with Crippen molar-refractivity contribution in [2.75, 3.05) is 19.6 Å². The number of hydrogen-bond donors (Lipinski definition) is 1. The molecule has 0 aliphatic carbocycles. The number of likely N-dealkylation sites (tertiary alicyclic amines) is 1. The van der Waals surface area contributed by atoms with Crippen molar-refractivity contribution in [3.05, 3.63) is 53.2 Å². The lowest BCUT2D eigenvalue weighted by molar-refractivity contribution is 0.00284. The van der Waals surface area contributed by atoms with Gasteiger partial charge in [0.05, 0.1) is 30.1 Å². The van der Waals surface area contributed by atoms with E-state index in [0.29, 0.717) is 31.0 Å². The van der Waals surface area contributed by atoms with E-state index in [9.17, 15) is 9.59 Å². The van der Waals surface area contributed by atoms with Gasteiger partial charge in [-0.1, -0.05) is 0 Å². The van der Waals surface area contributed by atoms with Crippen molar-refractivity contribution >= 4 is 11.8 Å². The van der Waals surface area contributed by atoms with Gasteiger partial charge in [0, 0.05) is 42.4 Å². The van der Waals surface area contributed by atoms with Gasteiger partial charge in [0.25, 0.3) is 11.8 Å². The lowest BCUT2D eigenvalue weighted by Gasteiger charge is -2.29. The van der Waals surface area contributed by atoms with Crippen LogP contribution in [-0.2, 0) is 4.74 Å². The van der Waals surface area contributed by atoms with Crippen LogP contribution in [0.5, 0.6) is 0 Å². The zero-order valence-electron chi connectivity index (χ0n) is 16.7. The van der Waals surface area contributed by atoms with Crippen LogP contribution < -0.4 is 5.32 Å². The molecule has 2 aromatic heterocycles. The topological polar surface area (TPSA) is 84.7 Å². The smallest absolute Gasteiger partial charge is 0.289 e. The number of nitrogens with one attached hydrogen (secondary N) is 1. The van der Waals surface area contributed by atoms with Crippen molar-refractivity contribution < 1.29 is 18.7 Å². The third kappa shape index (κ3) is 2.87. The van der Waals surface area contributed by atoms with Crippen LogP contribution in [0.2, 0.25) is 0 Å². The first-order valence-electron chi connectivity index (χ1n) is 10.2. The van der Waals surface area contributed by atoms with Crippen LogP contribution in [0.15, 0.2) is 35.1 Å². The fourth-order valence-corrected chi connectivity index (χ4v) is 5.38. The molecule has 29 heavy (non-hydrogen) atoms. The minimum absolute atomic E-state index is 0.0721. The number of aromatic nitrogens is 1. The second-order valence-corrected chi connectivity index (χ2v) is 8.49. The number of pyridine rings is 1. The molecular formula is C22H25N3O4. The third-order valence-electron chi connectivity index (χ3n) is 6.88. The Morgan fingerprint density at radius 2 is 2.21 bits per heavy atom. The Morgan fingerprint density at radius 3 is 2.97 bits per heavy atom. The highest BCUT2D eigenvalue weighted by Gasteiger charge is 2.63. The van der Waals surface area contributed by atoms with Gasteiger partial charge in [-0.25, -0.2) is 0 Å². The summed E-state index contributed by atoms with van der Waals surface area (Å²) in [7, 11) is 0. The Kier molecular flexibility index (Phi) is 4.24. The van der Waals surface area contributed by atoms with Crippen molar-refractivity contribution in [3.8, 4) is 0 Å². The fraction of sp³-hybridized carbons (Fsp3) is 0.500. The molecule has 2 bridgehead atoms. The van der Waals surface area contributed by atoms with Crippen molar-refractivity contribution in [3.63, 3.8) is 0 Å². The molecule has 3 aliphatic heterocycles. The van der Waals surface area contributed by atoms with E-state index in [4.69, 9.17) is 9.15 Å². The molecule has 0 unspecified atom stereocenters. The molecule has 0 radical (unpaired) electrons. The Hall–Kier alpha value is -2.67. The molecule has 2 aromatic rings. The molecule has 5 rings (SSSR count). The Morgan fingerprint density at radius 1 is 1.34 bits per heavy atom. The zero-order chi connectivity index (χ0) is 20.2. The van der Waals surface area contributed by atoms with Crippen molar-refractivity contribution in [1.82, 2.24) is 15.2 Å². The number of ether oxygens (including phenoxy) is 1. The molecule has 0 aromatic carbocycles. The van der Waals surface area contributed by atoms with Crippen LogP contribution in [0, 0.1) is 25.7 Å². The third-order valence-corrected chi connectivity index (χ3v) is 6.88. The summed E-state index contributed by atoms with van der Waals surface area (Å²) in [6.07, 6.45) is 5.33. The molecule has 1 spiro atoms. The number of furan rings is 1. The van der Waals surface area contributed by atoms with E-state index >= 15 is 0 Å². The Balaban J connectivity index is 1.29. The zero-order valence-corrected chi connectivity index (χ0v) is 16.7. The summed E-state index contributed by atoms with van der Waals surface area (Å²) in [4.78, 5) is 31.6. The average molecular weight is 395 g/mol. The maximum atomic E-state index is 12.9. The van der Waals surface area contributed by atoms with E-state index in [0.717, 1.165) is 24.1 Å². The molecule has 7 nitrogen and oxygen atoms in total. The maximum absolute atomic E-state index is 12.9. The Labute approximate surface area is 169 Å². The van der Waals surface area contributed by atoms with Crippen LogP contribution in [0.1, 0.15) is 45.0 Å². The first-order valence-corrected chi connectivity index (χ1v) is 10.2. The highest BCUT2D eigenvalue weighted by molar-refractivity contribution is 5.95. The molecule has 5 heterocycles. The summed E-state index contributed by atoms with van der Waals surface area (Å²) in [5, 5.41) is 3.08. The molecule has 152 valence electrons. The largest absolute Gasteiger partial charge is 0.459 e. The van der Waals surface area contributed by atoms with Crippen molar-refractivity contribution in [1.29, 1.82) is 0 Å². The van der Waals surface area contributed by atoms with Gasteiger partial charge in [-0.2, -0.15) is 0 Å². The molecule has 3 fully saturated rings. The lowest BCUT2D eigenvalue weighted by Crippen LogP contribution is -2.42. The van der Waals surface area contributed by atoms with Gasteiger partial charge in [-0.3, -0.25) is 14.6 Å². The molecule has 0 saturated carbocycles. The number of amides is 2. The first kappa shape index (κ1) is 18.4. The molecule has 4 atom stereocenters. The normalized spacial score (nSPS) is 29.9. The number of fused-ring (bicyclic) bond motifs is 1. The molecule has 1 N–H and O–H groups in total. The average Bonchev–Trinajstić information content (AvgIpc) is 3.46. The highest BCUT2D eigenvalue weighted by atomic mass is 16.5.